The summed E-state index contributed by atoms with van der Waals surface area (Å²) in [6.45, 7) is 0.395. The van der Waals surface area contributed by atoms with Crippen LogP contribution in [-0.4, -0.2) is 27.5 Å². The predicted octanol–water partition coefficient (Wildman–Crippen LogP) is 0.874. The fourth-order valence-electron chi connectivity index (χ4n) is 1.22. The van der Waals surface area contributed by atoms with Crippen LogP contribution in [0.1, 0.15) is 10.8 Å². The first-order chi connectivity index (χ1) is 6.65. The van der Waals surface area contributed by atoms with E-state index in [1.165, 1.54) is 12.1 Å². The van der Waals surface area contributed by atoms with Gasteiger partial charge in [-0.15, -0.1) is 0 Å². The molecule has 0 saturated heterocycles. The summed E-state index contributed by atoms with van der Waals surface area (Å²) in [6.07, 6.45) is 0. The third kappa shape index (κ3) is 2.80. The first-order valence-corrected chi connectivity index (χ1v) is 5.35. The van der Waals surface area contributed by atoms with Crippen molar-refractivity contribution in [1.82, 2.24) is 5.32 Å². The number of benzene rings is 1. The van der Waals surface area contributed by atoms with Gasteiger partial charge in [0.2, 0.25) is 0 Å². The average molecular weight is 215 g/mol. The van der Waals surface area contributed by atoms with Gasteiger partial charge in [0.15, 0.2) is 11.1 Å². The number of rotatable bonds is 4. The van der Waals surface area contributed by atoms with Gasteiger partial charge in [-0.25, -0.2) is 4.21 Å². The van der Waals surface area contributed by atoms with Crippen molar-refractivity contribution in [3.05, 3.63) is 29.8 Å². The molecule has 0 radical (unpaired) electrons. The minimum Gasteiger partial charge on any atom is -0.508 e. The molecule has 4 nitrogen and oxygen atoms in total. The summed E-state index contributed by atoms with van der Waals surface area (Å²) in [5.74, 6) is 0.106. The van der Waals surface area contributed by atoms with Gasteiger partial charge in [-0.3, -0.25) is 0 Å². The van der Waals surface area contributed by atoms with Crippen LogP contribution in [-0.2, 0) is 11.1 Å². The van der Waals surface area contributed by atoms with Gasteiger partial charge in [-0.1, -0.05) is 12.1 Å². The Morgan fingerprint density at radius 3 is 2.79 bits per heavy atom. The summed E-state index contributed by atoms with van der Waals surface area (Å²) in [4.78, 5) is 0. The standard InChI is InChI=1S/C9H13NO3S/c1-10-6-9(14(12)13)7-3-2-4-8(11)5-7/h2-5,9-11H,6H2,1H3,(H,12,13). The van der Waals surface area contributed by atoms with Crippen LogP contribution in [0.5, 0.6) is 5.75 Å². The van der Waals surface area contributed by atoms with Crippen molar-refractivity contribution in [1.29, 1.82) is 0 Å². The molecule has 0 bridgehead atoms. The van der Waals surface area contributed by atoms with E-state index in [9.17, 15) is 9.32 Å². The molecular formula is C9H13NO3S. The van der Waals surface area contributed by atoms with E-state index in [0.29, 0.717) is 12.1 Å². The number of hydrogen-bond donors (Lipinski definition) is 3. The van der Waals surface area contributed by atoms with Crippen LogP contribution < -0.4 is 5.32 Å². The molecule has 78 valence electrons. The molecule has 5 heteroatoms. The zero-order chi connectivity index (χ0) is 10.6. The molecule has 2 unspecified atom stereocenters. The van der Waals surface area contributed by atoms with Crippen molar-refractivity contribution in [2.45, 2.75) is 5.25 Å². The van der Waals surface area contributed by atoms with Gasteiger partial charge in [-0.2, -0.15) is 0 Å². The Hall–Kier alpha value is -0.910. The summed E-state index contributed by atoms with van der Waals surface area (Å²) in [7, 11) is 1.71. The largest absolute Gasteiger partial charge is 0.508 e. The first-order valence-electron chi connectivity index (χ1n) is 4.18. The van der Waals surface area contributed by atoms with E-state index in [1.54, 1.807) is 19.2 Å². The van der Waals surface area contributed by atoms with Gasteiger partial charge in [0.05, 0.1) is 5.25 Å². The second kappa shape index (κ2) is 5.09. The van der Waals surface area contributed by atoms with Crippen LogP contribution in [0.15, 0.2) is 24.3 Å². The Kier molecular flexibility index (Phi) is 4.06. The van der Waals surface area contributed by atoms with Crippen molar-refractivity contribution >= 4 is 11.1 Å². The normalized spacial score (nSPS) is 15.0. The van der Waals surface area contributed by atoms with E-state index >= 15 is 0 Å². The first kappa shape index (κ1) is 11.2. The molecular weight excluding hydrogens is 202 g/mol. The Bertz CT molecular complexity index is 330. The van der Waals surface area contributed by atoms with Crippen molar-refractivity contribution in [2.24, 2.45) is 0 Å². The summed E-state index contributed by atoms with van der Waals surface area (Å²) < 4.78 is 20.0. The van der Waals surface area contributed by atoms with Gasteiger partial charge in [0, 0.05) is 6.54 Å². The molecule has 0 amide bonds. The van der Waals surface area contributed by atoms with E-state index in [4.69, 9.17) is 4.55 Å². The molecule has 0 spiro atoms. The molecule has 0 fully saturated rings. The van der Waals surface area contributed by atoms with Crippen molar-refractivity contribution in [3.63, 3.8) is 0 Å². The third-order valence-corrected chi connectivity index (χ3v) is 2.80. The fourth-order valence-corrected chi connectivity index (χ4v) is 1.90. The second-order valence-electron chi connectivity index (χ2n) is 2.92. The molecule has 14 heavy (non-hydrogen) atoms. The van der Waals surface area contributed by atoms with Gasteiger partial charge >= 0.3 is 0 Å². The van der Waals surface area contributed by atoms with Gasteiger partial charge in [-0.05, 0) is 24.7 Å². The zero-order valence-corrected chi connectivity index (χ0v) is 8.62. The Balaban J connectivity index is 2.93. The van der Waals surface area contributed by atoms with Crippen LogP contribution in [0.2, 0.25) is 0 Å². The van der Waals surface area contributed by atoms with Crippen LogP contribution in [0.3, 0.4) is 0 Å². The molecule has 1 aromatic rings. The van der Waals surface area contributed by atoms with Crippen LogP contribution in [0, 0.1) is 0 Å². The SMILES string of the molecule is CNCC(c1cccc(O)c1)S(=O)O. The second-order valence-corrected chi connectivity index (χ2v) is 4.04. The Morgan fingerprint density at radius 1 is 1.57 bits per heavy atom. The highest BCUT2D eigenvalue weighted by molar-refractivity contribution is 7.79. The van der Waals surface area contributed by atoms with E-state index in [1.807, 2.05) is 0 Å². The maximum Gasteiger partial charge on any atom is 0.161 e. The molecule has 0 heterocycles. The number of nitrogens with one attached hydrogen (secondary N) is 1. The summed E-state index contributed by atoms with van der Waals surface area (Å²) in [6, 6.07) is 6.40. The van der Waals surface area contributed by atoms with Gasteiger partial charge in [0.1, 0.15) is 5.75 Å². The molecule has 1 rings (SSSR count). The van der Waals surface area contributed by atoms with Crippen LogP contribution >= 0.6 is 0 Å². The number of phenolic OH excluding ortho intramolecular Hbond substituents is 1. The topological polar surface area (TPSA) is 69.6 Å². The van der Waals surface area contributed by atoms with E-state index in [-0.39, 0.29) is 5.75 Å². The fraction of sp³-hybridized carbons (Fsp3) is 0.333. The summed E-state index contributed by atoms with van der Waals surface area (Å²) in [5.41, 5.74) is 0.653. The lowest BCUT2D eigenvalue weighted by Crippen LogP contribution is -2.20. The van der Waals surface area contributed by atoms with Crippen LogP contribution in [0.4, 0.5) is 0 Å². The smallest absolute Gasteiger partial charge is 0.161 e. The Labute approximate surface area is 85.2 Å². The van der Waals surface area contributed by atoms with Gasteiger partial charge < -0.3 is 15.0 Å². The maximum absolute atomic E-state index is 11.0. The highest BCUT2D eigenvalue weighted by atomic mass is 32.2. The predicted molar refractivity (Wildman–Crippen MR) is 55.5 cm³/mol. The molecule has 1 aromatic carbocycles. The summed E-state index contributed by atoms with van der Waals surface area (Å²) >= 11 is -1.94. The molecule has 0 saturated carbocycles. The molecule has 0 aliphatic rings. The zero-order valence-electron chi connectivity index (χ0n) is 7.80. The lowest BCUT2D eigenvalue weighted by Gasteiger charge is -2.12. The summed E-state index contributed by atoms with van der Waals surface area (Å²) in [5, 5.41) is 11.5. The number of likely N-dealkylation sites (N-methyl/N-ethyl adjacent to an activating group) is 1. The number of aromatic hydroxyl groups is 1. The van der Waals surface area contributed by atoms with Crippen molar-refractivity contribution in [3.8, 4) is 5.75 Å². The molecule has 3 N–H and O–H groups in total. The highest BCUT2D eigenvalue weighted by Gasteiger charge is 2.16. The quantitative estimate of drug-likeness (QED) is 0.652. The van der Waals surface area contributed by atoms with E-state index in [2.05, 4.69) is 5.32 Å². The van der Waals surface area contributed by atoms with Crippen molar-refractivity contribution < 1.29 is 13.9 Å². The van der Waals surface area contributed by atoms with Crippen molar-refractivity contribution in [2.75, 3.05) is 13.6 Å². The third-order valence-electron chi connectivity index (χ3n) is 1.87. The monoisotopic (exact) mass is 215 g/mol. The molecule has 0 aliphatic heterocycles. The minimum atomic E-state index is -1.94. The average Bonchev–Trinajstić information content (AvgIpc) is 2.13. The highest BCUT2D eigenvalue weighted by Crippen LogP contribution is 2.21. The maximum atomic E-state index is 11.0. The van der Waals surface area contributed by atoms with Crippen LogP contribution in [0.25, 0.3) is 0 Å². The van der Waals surface area contributed by atoms with E-state index in [0.717, 1.165) is 0 Å². The number of phenols is 1. The number of hydrogen-bond acceptors (Lipinski definition) is 3. The van der Waals surface area contributed by atoms with Gasteiger partial charge in [0.25, 0.3) is 0 Å². The lowest BCUT2D eigenvalue weighted by molar-refractivity contribution is 0.474. The Morgan fingerprint density at radius 2 is 2.29 bits per heavy atom. The molecule has 0 aliphatic carbocycles. The lowest BCUT2D eigenvalue weighted by atomic mass is 10.1. The minimum absolute atomic E-state index is 0.106. The molecule has 0 aromatic heterocycles. The van der Waals surface area contributed by atoms with E-state index < -0.39 is 16.3 Å². The molecule has 2 atom stereocenters.